The summed E-state index contributed by atoms with van der Waals surface area (Å²) in [6.45, 7) is 12.6. The first-order valence-electron chi connectivity index (χ1n) is 7.40. The van der Waals surface area contributed by atoms with E-state index in [1.807, 2.05) is 0 Å². The summed E-state index contributed by atoms with van der Waals surface area (Å²) in [5.74, 6) is 0.669. The number of piperidine rings is 1. The number of hydrogen-bond donors (Lipinski definition) is 1. The normalized spacial score (nSPS) is 24.9. The van der Waals surface area contributed by atoms with Crippen molar-refractivity contribution in [3.8, 4) is 0 Å². The molecule has 1 fully saturated rings. The monoisotopic (exact) mass is 240 g/mol. The summed E-state index contributed by atoms with van der Waals surface area (Å²) < 4.78 is 0. The molecular formula is C15H32N2. The van der Waals surface area contributed by atoms with Crippen LogP contribution >= 0.6 is 0 Å². The maximum absolute atomic E-state index is 5.96. The van der Waals surface area contributed by atoms with Gasteiger partial charge in [-0.1, -0.05) is 34.1 Å². The van der Waals surface area contributed by atoms with Gasteiger partial charge in [0.05, 0.1) is 0 Å². The lowest BCUT2D eigenvalue weighted by molar-refractivity contribution is 0.110. The van der Waals surface area contributed by atoms with Crippen LogP contribution in [-0.4, -0.2) is 30.6 Å². The Morgan fingerprint density at radius 2 is 2.00 bits per heavy atom. The average molecular weight is 240 g/mol. The van der Waals surface area contributed by atoms with Crippen LogP contribution < -0.4 is 5.73 Å². The number of rotatable bonds is 5. The third-order valence-electron chi connectivity index (χ3n) is 3.95. The van der Waals surface area contributed by atoms with Gasteiger partial charge in [-0.15, -0.1) is 0 Å². The second-order valence-electron chi connectivity index (χ2n) is 6.92. The van der Waals surface area contributed by atoms with Crippen molar-refractivity contribution in [3.63, 3.8) is 0 Å². The van der Waals surface area contributed by atoms with E-state index in [9.17, 15) is 0 Å². The molecule has 1 rings (SSSR count). The van der Waals surface area contributed by atoms with Gasteiger partial charge in [-0.25, -0.2) is 0 Å². The molecule has 0 aromatic rings. The van der Waals surface area contributed by atoms with Gasteiger partial charge in [0.1, 0.15) is 0 Å². The minimum Gasteiger partial charge on any atom is -0.330 e. The van der Waals surface area contributed by atoms with Gasteiger partial charge < -0.3 is 10.6 Å². The second-order valence-corrected chi connectivity index (χ2v) is 6.92. The van der Waals surface area contributed by atoms with Crippen molar-refractivity contribution in [1.29, 1.82) is 0 Å². The van der Waals surface area contributed by atoms with Gasteiger partial charge in [-0.05, 0) is 50.1 Å². The molecule has 2 heteroatoms. The maximum Gasteiger partial charge on any atom is 0.00927 e. The Kier molecular flexibility index (Phi) is 5.94. The third-order valence-corrected chi connectivity index (χ3v) is 3.95. The van der Waals surface area contributed by atoms with Gasteiger partial charge >= 0.3 is 0 Å². The fraction of sp³-hybridized carbons (Fsp3) is 1.00. The Bertz CT molecular complexity index is 207. The molecule has 0 aliphatic carbocycles. The van der Waals surface area contributed by atoms with Crippen LogP contribution in [0.4, 0.5) is 0 Å². The zero-order valence-corrected chi connectivity index (χ0v) is 12.3. The summed E-state index contributed by atoms with van der Waals surface area (Å²) in [4.78, 5) is 2.70. The zero-order chi connectivity index (χ0) is 12.9. The highest BCUT2D eigenvalue weighted by Crippen LogP contribution is 2.27. The predicted octanol–water partition coefficient (Wildman–Crippen LogP) is 3.26. The van der Waals surface area contributed by atoms with Gasteiger partial charge in [-0.3, -0.25) is 0 Å². The number of likely N-dealkylation sites (tertiary alicyclic amines) is 1. The van der Waals surface area contributed by atoms with Crippen molar-refractivity contribution in [2.24, 2.45) is 17.1 Å². The summed E-state index contributed by atoms with van der Waals surface area (Å²) in [5.41, 5.74) is 6.36. The minimum absolute atomic E-state index is 0.404. The number of nitrogens with two attached hydrogens (primary N) is 1. The largest absolute Gasteiger partial charge is 0.330 e. The van der Waals surface area contributed by atoms with Gasteiger partial charge in [0.25, 0.3) is 0 Å². The molecule has 0 amide bonds. The van der Waals surface area contributed by atoms with E-state index in [1.54, 1.807) is 0 Å². The number of hydrogen-bond acceptors (Lipinski definition) is 2. The first-order chi connectivity index (χ1) is 7.96. The van der Waals surface area contributed by atoms with Crippen molar-refractivity contribution in [2.45, 2.75) is 65.8 Å². The Balaban J connectivity index is 2.48. The van der Waals surface area contributed by atoms with Crippen LogP contribution in [0.2, 0.25) is 0 Å². The Hall–Kier alpha value is -0.0800. The van der Waals surface area contributed by atoms with Crippen molar-refractivity contribution in [1.82, 2.24) is 4.90 Å². The Morgan fingerprint density at radius 1 is 1.29 bits per heavy atom. The highest BCUT2D eigenvalue weighted by molar-refractivity contribution is 4.80. The molecule has 2 N–H and O–H groups in total. The molecule has 0 spiro atoms. The van der Waals surface area contributed by atoms with Crippen LogP contribution in [0.3, 0.4) is 0 Å². The molecule has 2 nitrogen and oxygen atoms in total. The molecule has 1 aliphatic rings. The van der Waals surface area contributed by atoms with E-state index >= 15 is 0 Å². The number of nitrogens with zero attached hydrogens (tertiary/aromatic N) is 1. The average Bonchev–Trinajstić information content (AvgIpc) is 2.27. The first-order valence-corrected chi connectivity index (χ1v) is 7.40. The third kappa shape index (κ3) is 5.39. The molecule has 2 unspecified atom stereocenters. The van der Waals surface area contributed by atoms with E-state index in [2.05, 4.69) is 32.6 Å². The van der Waals surface area contributed by atoms with E-state index in [4.69, 9.17) is 5.73 Å². The highest BCUT2D eigenvalue weighted by atomic mass is 15.2. The molecule has 1 aliphatic heterocycles. The molecule has 17 heavy (non-hydrogen) atoms. The standard InChI is InChI=1S/C15H32N2/c1-5-14-8-6-7-9-17(14)12-13(11-16)10-15(2,3)4/h13-14H,5-12,16H2,1-4H3. The Morgan fingerprint density at radius 3 is 2.53 bits per heavy atom. The molecule has 102 valence electrons. The fourth-order valence-corrected chi connectivity index (χ4v) is 3.18. The molecule has 1 saturated heterocycles. The first kappa shape index (κ1) is 15.0. The molecule has 0 aromatic carbocycles. The molecular weight excluding hydrogens is 208 g/mol. The van der Waals surface area contributed by atoms with Crippen LogP contribution in [0.25, 0.3) is 0 Å². The van der Waals surface area contributed by atoms with Crippen LogP contribution in [0.1, 0.15) is 59.8 Å². The summed E-state index contributed by atoms with van der Waals surface area (Å²) >= 11 is 0. The van der Waals surface area contributed by atoms with E-state index in [-0.39, 0.29) is 0 Å². The van der Waals surface area contributed by atoms with E-state index in [0.717, 1.165) is 12.6 Å². The molecule has 0 saturated carbocycles. The maximum atomic E-state index is 5.96. The van der Waals surface area contributed by atoms with Gasteiger partial charge in [0.15, 0.2) is 0 Å². The van der Waals surface area contributed by atoms with Crippen molar-refractivity contribution >= 4 is 0 Å². The predicted molar refractivity (Wildman–Crippen MR) is 76.1 cm³/mol. The highest BCUT2D eigenvalue weighted by Gasteiger charge is 2.25. The summed E-state index contributed by atoms with van der Waals surface area (Å²) in [6.07, 6.45) is 6.73. The van der Waals surface area contributed by atoms with Crippen LogP contribution in [-0.2, 0) is 0 Å². The van der Waals surface area contributed by atoms with E-state index in [0.29, 0.717) is 11.3 Å². The molecule has 2 atom stereocenters. The van der Waals surface area contributed by atoms with Gasteiger partial charge in [0.2, 0.25) is 0 Å². The summed E-state index contributed by atoms with van der Waals surface area (Å²) in [6, 6.07) is 0.817. The molecule has 1 heterocycles. The molecule has 0 aromatic heterocycles. The van der Waals surface area contributed by atoms with Crippen LogP contribution in [0, 0.1) is 11.3 Å². The van der Waals surface area contributed by atoms with Crippen LogP contribution in [0.15, 0.2) is 0 Å². The second kappa shape index (κ2) is 6.75. The lowest BCUT2D eigenvalue weighted by atomic mass is 9.84. The van der Waals surface area contributed by atoms with Crippen molar-refractivity contribution in [3.05, 3.63) is 0 Å². The van der Waals surface area contributed by atoms with E-state index < -0.39 is 0 Å². The lowest BCUT2D eigenvalue weighted by Gasteiger charge is -2.38. The summed E-state index contributed by atoms with van der Waals surface area (Å²) in [5, 5.41) is 0. The Labute approximate surface area is 108 Å². The summed E-state index contributed by atoms with van der Waals surface area (Å²) in [7, 11) is 0. The zero-order valence-electron chi connectivity index (χ0n) is 12.3. The fourth-order valence-electron chi connectivity index (χ4n) is 3.18. The SMILES string of the molecule is CCC1CCCCN1CC(CN)CC(C)(C)C. The van der Waals surface area contributed by atoms with Gasteiger partial charge in [-0.2, -0.15) is 0 Å². The smallest absolute Gasteiger partial charge is 0.00927 e. The molecule has 0 radical (unpaired) electrons. The van der Waals surface area contributed by atoms with Crippen molar-refractivity contribution in [2.75, 3.05) is 19.6 Å². The minimum atomic E-state index is 0.404. The lowest BCUT2D eigenvalue weighted by Crippen LogP contribution is -2.43. The van der Waals surface area contributed by atoms with Crippen molar-refractivity contribution < 1.29 is 0 Å². The van der Waals surface area contributed by atoms with E-state index in [1.165, 1.54) is 45.2 Å². The van der Waals surface area contributed by atoms with Gasteiger partial charge in [0, 0.05) is 12.6 Å². The topological polar surface area (TPSA) is 29.3 Å². The van der Waals surface area contributed by atoms with Crippen LogP contribution in [0.5, 0.6) is 0 Å². The molecule has 0 bridgehead atoms. The quantitative estimate of drug-likeness (QED) is 0.799.